The van der Waals surface area contributed by atoms with Crippen molar-refractivity contribution in [3.63, 3.8) is 0 Å². The molecule has 2 saturated heterocycles. The van der Waals surface area contributed by atoms with Crippen LogP contribution in [0.25, 0.3) is 0 Å². The zero-order valence-electron chi connectivity index (χ0n) is 18.5. The number of thioether (sulfide) groups is 1. The van der Waals surface area contributed by atoms with Gasteiger partial charge in [0.2, 0.25) is 11.8 Å². The Labute approximate surface area is 184 Å². The first kappa shape index (κ1) is 24.8. The highest BCUT2D eigenvalue weighted by atomic mass is 32.2. The SMILES string of the molecule is CC(C)(C)CCC(CO)NC(=O)CCNC(=O)CCCCC1SCC2NC(=O)NC21. The zero-order valence-corrected chi connectivity index (χ0v) is 19.3. The molecule has 0 spiro atoms. The fourth-order valence-electron chi connectivity index (χ4n) is 3.79. The van der Waals surface area contributed by atoms with E-state index in [1.54, 1.807) is 0 Å². The van der Waals surface area contributed by atoms with Crippen LogP contribution in [-0.4, -0.2) is 65.2 Å². The summed E-state index contributed by atoms with van der Waals surface area (Å²) in [6.07, 6.45) is 5.04. The first-order chi connectivity index (χ1) is 14.2. The molecule has 2 aliphatic heterocycles. The summed E-state index contributed by atoms with van der Waals surface area (Å²) >= 11 is 1.88. The molecular weight excluding hydrogens is 404 g/mol. The molecule has 4 amide bonds. The van der Waals surface area contributed by atoms with Gasteiger partial charge in [0.15, 0.2) is 0 Å². The van der Waals surface area contributed by atoms with E-state index in [1.165, 1.54) is 0 Å². The van der Waals surface area contributed by atoms with Crippen molar-refractivity contribution in [1.29, 1.82) is 0 Å². The van der Waals surface area contributed by atoms with Crippen molar-refractivity contribution in [2.24, 2.45) is 5.41 Å². The van der Waals surface area contributed by atoms with Gasteiger partial charge in [0, 0.05) is 30.4 Å². The van der Waals surface area contributed by atoms with Gasteiger partial charge in [0.1, 0.15) is 0 Å². The fraction of sp³-hybridized carbons (Fsp3) is 0.857. The largest absolute Gasteiger partial charge is 0.394 e. The van der Waals surface area contributed by atoms with Gasteiger partial charge in [0.25, 0.3) is 0 Å². The Kier molecular flexibility index (Phi) is 9.74. The third-order valence-electron chi connectivity index (χ3n) is 5.58. The van der Waals surface area contributed by atoms with Crippen molar-refractivity contribution in [1.82, 2.24) is 21.3 Å². The summed E-state index contributed by atoms with van der Waals surface area (Å²) in [6, 6.07) is 0.139. The lowest BCUT2D eigenvalue weighted by Gasteiger charge is -2.22. The standard InChI is InChI=1S/C21H38N4O4S/c1-21(2,3)10-8-14(12-26)23-18(28)9-11-22-17(27)7-5-4-6-16-19-15(13-30-16)24-20(29)25-19/h14-16,19,26H,4-13H2,1-3H3,(H,22,27)(H,23,28)(H2,24,25,29). The number of nitrogens with one attached hydrogen (secondary N) is 4. The van der Waals surface area contributed by atoms with Gasteiger partial charge in [-0.25, -0.2) is 4.79 Å². The summed E-state index contributed by atoms with van der Waals surface area (Å²) in [7, 11) is 0. The van der Waals surface area contributed by atoms with E-state index in [2.05, 4.69) is 42.0 Å². The van der Waals surface area contributed by atoms with Gasteiger partial charge in [-0.3, -0.25) is 9.59 Å². The van der Waals surface area contributed by atoms with Crippen LogP contribution in [0.15, 0.2) is 0 Å². The molecule has 2 fully saturated rings. The molecule has 5 N–H and O–H groups in total. The molecule has 0 bridgehead atoms. The first-order valence-electron chi connectivity index (χ1n) is 11.0. The fourth-order valence-corrected chi connectivity index (χ4v) is 5.34. The van der Waals surface area contributed by atoms with Crippen LogP contribution < -0.4 is 21.3 Å². The van der Waals surface area contributed by atoms with E-state index in [-0.39, 0.29) is 54.4 Å². The van der Waals surface area contributed by atoms with Crippen LogP contribution in [0.5, 0.6) is 0 Å². The Morgan fingerprint density at radius 3 is 2.67 bits per heavy atom. The second kappa shape index (κ2) is 11.8. The summed E-state index contributed by atoms with van der Waals surface area (Å²) in [6.45, 7) is 6.63. The van der Waals surface area contributed by atoms with E-state index >= 15 is 0 Å². The minimum Gasteiger partial charge on any atom is -0.394 e. The van der Waals surface area contributed by atoms with E-state index in [0.29, 0.717) is 18.2 Å². The highest BCUT2D eigenvalue weighted by molar-refractivity contribution is 8.00. The highest BCUT2D eigenvalue weighted by Gasteiger charge is 2.42. The number of hydrogen-bond donors (Lipinski definition) is 5. The lowest BCUT2D eigenvalue weighted by atomic mass is 9.89. The molecule has 4 atom stereocenters. The number of amides is 4. The van der Waals surface area contributed by atoms with Crippen LogP contribution in [-0.2, 0) is 9.59 Å². The minimum absolute atomic E-state index is 0.0398. The topological polar surface area (TPSA) is 120 Å². The third kappa shape index (κ3) is 8.71. The van der Waals surface area contributed by atoms with Crippen molar-refractivity contribution in [3.05, 3.63) is 0 Å². The van der Waals surface area contributed by atoms with E-state index in [4.69, 9.17) is 0 Å². The summed E-state index contributed by atoms with van der Waals surface area (Å²) in [5.41, 5.74) is 0.159. The summed E-state index contributed by atoms with van der Waals surface area (Å²) in [4.78, 5) is 35.4. The maximum Gasteiger partial charge on any atom is 0.315 e. The van der Waals surface area contributed by atoms with Gasteiger partial charge in [-0.05, 0) is 31.1 Å². The Bertz CT molecular complexity index is 596. The molecule has 8 nitrogen and oxygen atoms in total. The van der Waals surface area contributed by atoms with Gasteiger partial charge >= 0.3 is 6.03 Å². The molecule has 9 heteroatoms. The van der Waals surface area contributed by atoms with Crippen molar-refractivity contribution < 1.29 is 19.5 Å². The Balaban J connectivity index is 1.51. The van der Waals surface area contributed by atoms with E-state index < -0.39 is 0 Å². The number of hydrogen-bond acceptors (Lipinski definition) is 5. The van der Waals surface area contributed by atoms with Gasteiger partial charge in [-0.2, -0.15) is 11.8 Å². The second-order valence-electron chi connectivity index (χ2n) is 9.51. The van der Waals surface area contributed by atoms with Gasteiger partial charge in [0.05, 0.1) is 24.7 Å². The normalized spacial score (nSPS) is 24.0. The Hall–Kier alpha value is -1.48. The summed E-state index contributed by atoms with van der Waals surface area (Å²) < 4.78 is 0. The molecule has 0 saturated carbocycles. The highest BCUT2D eigenvalue weighted by Crippen LogP contribution is 2.33. The number of rotatable bonds is 12. The van der Waals surface area contributed by atoms with Crippen LogP contribution >= 0.6 is 11.8 Å². The van der Waals surface area contributed by atoms with Crippen LogP contribution in [0.1, 0.15) is 65.7 Å². The Morgan fingerprint density at radius 1 is 1.20 bits per heavy atom. The molecule has 2 aliphatic rings. The zero-order chi connectivity index (χ0) is 22.1. The van der Waals surface area contributed by atoms with Gasteiger partial charge in [-0.1, -0.05) is 27.2 Å². The number of carbonyl (C=O) groups is 3. The molecule has 0 aromatic rings. The van der Waals surface area contributed by atoms with Crippen LogP contribution in [0.2, 0.25) is 0 Å². The maximum absolute atomic E-state index is 12.0. The molecule has 172 valence electrons. The lowest BCUT2D eigenvalue weighted by Crippen LogP contribution is -2.39. The number of aliphatic hydroxyl groups excluding tert-OH is 1. The maximum atomic E-state index is 12.0. The Morgan fingerprint density at radius 2 is 1.97 bits per heavy atom. The summed E-state index contributed by atoms with van der Waals surface area (Å²) in [5, 5.41) is 21.4. The molecule has 2 rings (SSSR count). The van der Waals surface area contributed by atoms with E-state index in [0.717, 1.165) is 37.9 Å². The molecule has 2 heterocycles. The van der Waals surface area contributed by atoms with Crippen molar-refractivity contribution in [3.8, 4) is 0 Å². The van der Waals surface area contributed by atoms with Crippen LogP contribution in [0.3, 0.4) is 0 Å². The quantitative estimate of drug-likeness (QED) is 0.232. The number of aliphatic hydroxyl groups is 1. The van der Waals surface area contributed by atoms with Crippen molar-refractivity contribution >= 4 is 29.6 Å². The molecule has 0 aromatic heterocycles. The molecule has 30 heavy (non-hydrogen) atoms. The number of fused-ring (bicyclic) bond motifs is 1. The smallest absolute Gasteiger partial charge is 0.315 e. The third-order valence-corrected chi connectivity index (χ3v) is 7.09. The number of unbranched alkanes of at least 4 members (excludes halogenated alkanes) is 1. The first-order valence-corrected chi connectivity index (χ1v) is 12.1. The van der Waals surface area contributed by atoms with Crippen LogP contribution in [0, 0.1) is 5.41 Å². The number of carbonyl (C=O) groups excluding carboxylic acids is 3. The summed E-state index contributed by atoms with van der Waals surface area (Å²) in [5.74, 6) is 0.759. The predicted molar refractivity (Wildman–Crippen MR) is 119 cm³/mol. The minimum atomic E-state index is -0.236. The van der Waals surface area contributed by atoms with Gasteiger partial charge in [-0.15, -0.1) is 0 Å². The predicted octanol–water partition coefficient (Wildman–Crippen LogP) is 1.52. The van der Waals surface area contributed by atoms with Gasteiger partial charge < -0.3 is 26.4 Å². The molecule has 0 radical (unpaired) electrons. The molecule has 0 aromatic carbocycles. The molecule has 0 aliphatic carbocycles. The van der Waals surface area contributed by atoms with E-state index in [1.807, 2.05) is 11.8 Å². The van der Waals surface area contributed by atoms with E-state index in [9.17, 15) is 19.5 Å². The van der Waals surface area contributed by atoms with Crippen molar-refractivity contribution in [2.45, 2.75) is 89.1 Å². The second-order valence-corrected chi connectivity index (χ2v) is 10.8. The molecular formula is C21H38N4O4S. The average Bonchev–Trinajstić information content (AvgIpc) is 3.21. The van der Waals surface area contributed by atoms with Crippen molar-refractivity contribution in [2.75, 3.05) is 18.9 Å². The van der Waals surface area contributed by atoms with Crippen LogP contribution in [0.4, 0.5) is 4.79 Å². The number of urea groups is 1. The molecule has 4 unspecified atom stereocenters. The lowest BCUT2D eigenvalue weighted by molar-refractivity contribution is -0.123. The average molecular weight is 443 g/mol. The monoisotopic (exact) mass is 442 g/mol.